The van der Waals surface area contributed by atoms with Gasteiger partial charge in [-0.2, -0.15) is 0 Å². The molecule has 4 nitrogen and oxygen atoms in total. The Hall–Kier alpha value is -1.55. The number of anilines is 1. The number of hydrogen-bond donors (Lipinski definition) is 1. The van der Waals surface area contributed by atoms with Crippen molar-refractivity contribution in [2.24, 2.45) is 5.41 Å². The van der Waals surface area contributed by atoms with Crippen LogP contribution in [0.5, 0.6) is 0 Å². The van der Waals surface area contributed by atoms with Crippen LogP contribution in [0, 0.1) is 5.41 Å². The summed E-state index contributed by atoms with van der Waals surface area (Å²) in [6.07, 6.45) is 7.43. The summed E-state index contributed by atoms with van der Waals surface area (Å²) < 4.78 is 6.00. The molecule has 0 aliphatic heterocycles. The van der Waals surface area contributed by atoms with Gasteiger partial charge < -0.3 is 15.4 Å². The van der Waals surface area contributed by atoms with Crippen LogP contribution in [-0.4, -0.2) is 36.6 Å². The Morgan fingerprint density at radius 2 is 2.09 bits per heavy atom. The zero-order valence-corrected chi connectivity index (χ0v) is 14.3. The van der Waals surface area contributed by atoms with Crippen molar-refractivity contribution in [2.75, 3.05) is 19.4 Å². The van der Waals surface area contributed by atoms with Gasteiger partial charge in [0.05, 0.1) is 6.10 Å². The molecule has 1 aromatic carbocycles. The summed E-state index contributed by atoms with van der Waals surface area (Å²) in [7, 11) is 1.94. The van der Waals surface area contributed by atoms with Gasteiger partial charge in [-0.3, -0.25) is 4.79 Å². The topological polar surface area (TPSA) is 55.6 Å². The van der Waals surface area contributed by atoms with E-state index < -0.39 is 0 Å². The number of rotatable bonds is 4. The molecule has 3 rings (SSSR count). The van der Waals surface area contributed by atoms with Crippen molar-refractivity contribution in [3.05, 3.63) is 29.8 Å². The van der Waals surface area contributed by atoms with Crippen LogP contribution in [0.1, 0.15) is 55.8 Å². The number of benzene rings is 1. The minimum absolute atomic E-state index is 0.0715. The van der Waals surface area contributed by atoms with Gasteiger partial charge in [0.15, 0.2) is 0 Å². The molecule has 2 fully saturated rings. The molecular formula is C19H28N2O2. The number of amides is 1. The molecule has 2 aliphatic rings. The van der Waals surface area contributed by atoms with Gasteiger partial charge in [0.1, 0.15) is 0 Å². The van der Waals surface area contributed by atoms with E-state index in [9.17, 15) is 4.79 Å². The molecule has 1 spiro atoms. The molecule has 1 aromatic rings. The van der Waals surface area contributed by atoms with Gasteiger partial charge in [-0.15, -0.1) is 0 Å². The first-order valence-electron chi connectivity index (χ1n) is 8.83. The van der Waals surface area contributed by atoms with Gasteiger partial charge in [-0.05, 0) is 44.4 Å². The number of nitrogens with zero attached hydrogens (tertiary/aromatic N) is 1. The molecule has 1 amide bonds. The molecular weight excluding hydrogens is 288 g/mol. The second-order valence-corrected chi connectivity index (χ2v) is 7.03. The lowest BCUT2D eigenvalue weighted by atomic mass is 9.54. The van der Waals surface area contributed by atoms with Gasteiger partial charge in [-0.1, -0.05) is 25.3 Å². The van der Waals surface area contributed by atoms with Crippen molar-refractivity contribution in [3.63, 3.8) is 0 Å². The zero-order valence-electron chi connectivity index (χ0n) is 14.3. The second-order valence-electron chi connectivity index (χ2n) is 7.03. The van der Waals surface area contributed by atoms with Crippen LogP contribution in [0.25, 0.3) is 0 Å². The highest BCUT2D eigenvalue weighted by Crippen LogP contribution is 2.55. The van der Waals surface area contributed by atoms with E-state index in [1.807, 2.05) is 30.1 Å². The van der Waals surface area contributed by atoms with Crippen molar-refractivity contribution in [1.82, 2.24) is 4.90 Å². The van der Waals surface area contributed by atoms with E-state index in [2.05, 4.69) is 6.92 Å². The number of hydrogen-bond acceptors (Lipinski definition) is 3. The third-order valence-electron chi connectivity index (χ3n) is 5.82. The molecule has 0 saturated heterocycles. The summed E-state index contributed by atoms with van der Waals surface area (Å²) in [5, 5.41) is 0. The Labute approximate surface area is 139 Å². The molecule has 4 heteroatoms. The smallest absolute Gasteiger partial charge is 0.253 e. The molecule has 2 atom stereocenters. The molecule has 0 heterocycles. The highest BCUT2D eigenvalue weighted by Gasteiger charge is 2.57. The van der Waals surface area contributed by atoms with Gasteiger partial charge >= 0.3 is 0 Å². The quantitative estimate of drug-likeness (QED) is 0.865. The number of nitrogen functional groups attached to an aromatic ring is 1. The summed E-state index contributed by atoms with van der Waals surface area (Å²) in [5.41, 5.74) is 7.31. The van der Waals surface area contributed by atoms with Gasteiger partial charge in [0.2, 0.25) is 0 Å². The first-order chi connectivity index (χ1) is 11.1. The maximum absolute atomic E-state index is 12.9. The normalized spacial score (nSPS) is 25.8. The van der Waals surface area contributed by atoms with E-state index in [1.165, 1.54) is 32.1 Å². The number of nitrogens with two attached hydrogens (primary N) is 1. The minimum atomic E-state index is 0.0715. The molecule has 0 radical (unpaired) electrons. The van der Waals surface area contributed by atoms with Crippen molar-refractivity contribution in [2.45, 2.75) is 57.6 Å². The molecule has 126 valence electrons. The van der Waals surface area contributed by atoms with Crippen LogP contribution < -0.4 is 5.73 Å². The van der Waals surface area contributed by atoms with Crippen LogP contribution >= 0.6 is 0 Å². The van der Waals surface area contributed by atoms with Crippen LogP contribution in [0.3, 0.4) is 0 Å². The fourth-order valence-corrected chi connectivity index (χ4v) is 4.59. The fraction of sp³-hybridized carbons (Fsp3) is 0.632. The molecule has 0 aromatic heterocycles. The van der Waals surface area contributed by atoms with Crippen LogP contribution in [-0.2, 0) is 4.74 Å². The summed E-state index contributed by atoms with van der Waals surface area (Å²) in [6.45, 7) is 2.82. The largest absolute Gasteiger partial charge is 0.399 e. The number of carbonyl (C=O) groups excluding carboxylic acids is 1. The minimum Gasteiger partial charge on any atom is -0.399 e. The maximum atomic E-state index is 12.9. The molecule has 2 saturated carbocycles. The monoisotopic (exact) mass is 316 g/mol. The van der Waals surface area contributed by atoms with Gasteiger partial charge in [-0.25, -0.2) is 0 Å². The van der Waals surface area contributed by atoms with Crippen molar-refractivity contribution >= 4 is 11.6 Å². The fourth-order valence-electron chi connectivity index (χ4n) is 4.59. The van der Waals surface area contributed by atoms with Crippen molar-refractivity contribution in [3.8, 4) is 0 Å². The average molecular weight is 316 g/mol. The van der Waals surface area contributed by atoms with Crippen molar-refractivity contribution in [1.29, 1.82) is 0 Å². The lowest BCUT2D eigenvalue weighted by molar-refractivity contribution is -0.170. The third-order valence-corrected chi connectivity index (χ3v) is 5.82. The second kappa shape index (κ2) is 6.52. The Morgan fingerprint density at radius 3 is 2.74 bits per heavy atom. The predicted octanol–water partition coefficient (Wildman–Crippen LogP) is 3.47. The van der Waals surface area contributed by atoms with Crippen LogP contribution in [0.15, 0.2) is 24.3 Å². The van der Waals surface area contributed by atoms with Gasteiger partial charge in [0, 0.05) is 36.4 Å². The first-order valence-corrected chi connectivity index (χ1v) is 8.83. The Morgan fingerprint density at radius 1 is 1.35 bits per heavy atom. The average Bonchev–Trinajstić information content (AvgIpc) is 2.58. The van der Waals surface area contributed by atoms with E-state index in [0.717, 1.165) is 13.0 Å². The number of ether oxygens (including phenoxy) is 1. The highest BCUT2D eigenvalue weighted by molar-refractivity contribution is 5.95. The summed E-state index contributed by atoms with van der Waals surface area (Å²) in [4.78, 5) is 14.8. The van der Waals surface area contributed by atoms with Gasteiger partial charge in [0.25, 0.3) is 5.91 Å². The van der Waals surface area contributed by atoms with E-state index >= 15 is 0 Å². The van der Waals surface area contributed by atoms with Crippen LogP contribution in [0.4, 0.5) is 5.69 Å². The standard InChI is InChI=1S/C19H28N2O2/c1-3-23-17-13-16(19(17)10-5-4-6-11-19)21(2)18(22)14-8-7-9-15(20)12-14/h7-9,12,16-17H,3-6,10-11,13,20H2,1-2H3. The third kappa shape index (κ3) is 2.85. The molecule has 2 aliphatic carbocycles. The molecule has 2 unspecified atom stereocenters. The van der Waals surface area contributed by atoms with Crippen molar-refractivity contribution < 1.29 is 9.53 Å². The first kappa shape index (κ1) is 16.3. The predicted molar refractivity (Wildman–Crippen MR) is 92.3 cm³/mol. The lowest BCUT2D eigenvalue weighted by Crippen LogP contribution is -2.65. The lowest BCUT2D eigenvalue weighted by Gasteiger charge is -2.60. The van der Waals surface area contributed by atoms with E-state index in [1.54, 1.807) is 6.07 Å². The van der Waals surface area contributed by atoms with E-state index in [4.69, 9.17) is 10.5 Å². The SMILES string of the molecule is CCOC1CC(N(C)C(=O)c2cccc(N)c2)C12CCCCC2. The van der Waals surface area contributed by atoms with E-state index in [-0.39, 0.29) is 17.4 Å². The van der Waals surface area contributed by atoms with E-state index in [0.29, 0.717) is 17.4 Å². The number of carbonyl (C=O) groups is 1. The molecule has 23 heavy (non-hydrogen) atoms. The summed E-state index contributed by atoms with van der Waals surface area (Å²) in [5.74, 6) is 0.0715. The van der Waals surface area contributed by atoms with Crippen LogP contribution in [0.2, 0.25) is 0 Å². The maximum Gasteiger partial charge on any atom is 0.253 e. The molecule has 2 N–H and O–H groups in total. The zero-order chi connectivity index (χ0) is 16.4. The Kier molecular flexibility index (Phi) is 4.62. The summed E-state index contributed by atoms with van der Waals surface area (Å²) in [6, 6.07) is 7.56. The Bertz CT molecular complexity index is 566. The highest BCUT2D eigenvalue weighted by atomic mass is 16.5. The summed E-state index contributed by atoms with van der Waals surface area (Å²) >= 11 is 0. The molecule has 0 bridgehead atoms. The Balaban J connectivity index is 1.78.